The average molecular weight is 405 g/mol. The summed E-state index contributed by atoms with van der Waals surface area (Å²) in [6.07, 6.45) is -1.32. The van der Waals surface area contributed by atoms with Crippen LogP contribution in [0, 0.1) is 0 Å². The molecule has 0 aliphatic heterocycles. The summed E-state index contributed by atoms with van der Waals surface area (Å²) in [6.45, 7) is 0. The van der Waals surface area contributed by atoms with Crippen molar-refractivity contribution in [2.75, 3.05) is 7.05 Å². The van der Waals surface area contributed by atoms with Crippen molar-refractivity contribution in [1.29, 1.82) is 0 Å². The number of fused-ring (bicyclic) bond motifs is 1. The van der Waals surface area contributed by atoms with E-state index in [1.54, 1.807) is 0 Å². The molecule has 2 aromatic heterocycles. The first-order valence-corrected chi connectivity index (χ1v) is 9.02. The van der Waals surface area contributed by atoms with Crippen LogP contribution in [0.25, 0.3) is 5.65 Å². The largest absolute Gasteiger partial charge is 0.409 e. The number of nitrogens with zero attached hydrogens (tertiary/aromatic N) is 4. The Morgan fingerprint density at radius 3 is 2.46 bits per heavy atom. The molecule has 3 aromatic rings. The van der Waals surface area contributed by atoms with Crippen molar-refractivity contribution in [3.8, 4) is 0 Å². The molecule has 0 spiro atoms. The molecule has 0 amide bonds. The van der Waals surface area contributed by atoms with Gasteiger partial charge in [-0.1, -0.05) is 23.7 Å². The third-order valence-corrected chi connectivity index (χ3v) is 5.79. The number of sulfonamides is 1. The van der Waals surface area contributed by atoms with Gasteiger partial charge in [0.25, 0.3) is 0 Å². The zero-order chi connectivity index (χ0) is 19.1. The fourth-order valence-electron chi connectivity index (χ4n) is 2.48. The summed E-state index contributed by atoms with van der Waals surface area (Å²) in [5.74, 6) is 0. The Bertz CT molecular complexity index is 1030. The molecule has 26 heavy (non-hydrogen) atoms. The average Bonchev–Trinajstić information content (AvgIpc) is 3.03. The molecule has 2 heterocycles. The maximum atomic E-state index is 13.6. The van der Waals surface area contributed by atoms with E-state index in [1.165, 1.54) is 28.9 Å². The lowest BCUT2D eigenvalue weighted by molar-refractivity contribution is -0.171. The molecule has 11 heteroatoms. The second-order valence-corrected chi connectivity index (χ2v) is 7.87. The molecular formula is C15H12ClF3N4O2S. The van der Waals surface area contributed by atoms with Crippen LogP contribution in [0.15, 0.2) is 53.8 Å². The molecule has 3 rings (SSSR count). The van der Waals surface area contributed by atoms with Crippen LogP contribution in [0.2, 0.25) is 5.02 Å². The SMILES string of the molecule is CN([C@H](c1ccc(Cl)cc1)C(F)(F)F)S(=O)(=O)c1cnc2ccnn2c1. The lowest BCUT2D eigenvalue weighted by atomic mass is 10.1. The predicted molar refractivity (Wildman–Crippen MR) is 88.2 cm³/mol. The van der Waals surface area contributed by atoms with Gasteiger partial charge in [0, 0.05) is 18.1 Å². The summed E-state index contributed by atoms with van der Waals surface area (Å²) in [6, 6.07) is 3.98. The van der Waals surface area contributed by atoms with Gasteiger partial charge in [0.2, 0.25) is 10.0 Å². The van der Waals surface area contributed by atoms with E-state index in [0.717, 1.165) is 31.6 Å². The quantitative estimate of drug-likeness (QED) is 0.669. The summed E-state index contributed by atoms with van der Waals surface area (Å²) >= 11 is 5.71. The van der Waals surface area contributed by atoms with Crippen LogP contribution in [0.5, 0.6) is 0 Å². The first-order valence-electron chi connectivity index (χ1n) is 7.20. The van der Waals surface area contributed by atoms with Crippen molar-refractivity contribution < 1.29 is 21.6 Å². The van der Waals surface area contributed by atoms with Crippen LogP contribution in [0.4, 0.5) is 13.2 Å². The third-order valence-electron chi connectivity index (χ3n) is 3.76. The maximum absolute atomic E-state index is 13.6. The van der Waals surface area contributed by atoms with Gasteiger partial charge in [0.15, 0.2) is 5.65 Å². The molecule has 0 saturated heterocycles. The molecule has 0 saturated carbocycles. The maximum Gasteiger partial charge on any atom is 0.409 e. The summed E-state index contributed by atoms with van der Waals surface area (Å²) in [7, 11) is -3.62. The van der Waals surface area contributed by atoms with Crippen LogP contribution < -0.4 is 0 Å². The molecule has 6 nitrogen and oxygen atoms in total. The molecule has 0 unspecified atom stereocenters. The zero-order valence-electron chi connectivity index (χ0n) is 13.2. The molecule has 0 fully saturated rings. The topological polar surface area (TPSA) is 67.6 Å². The Kier molecular flexibility index (Phi) is 4.67. The molecule has 0 radical (unpaired) electrons. The van der Waals surface area contributed by atoms with Crippen molar-refractivity contribution in [3.05, 3.63) is 59.5 Å². The fraction of sp³-hybridized carbons (Fsp3) is 0.200. The number of alkyl halides is 3. The summed E-state index contributed by atoms with van der Waals surface area (Å²) in [5.41, 5.74) is 0.123. The van der Waals surface area contributed by atoms with E-state index in [2.05, 4.69) is 10.1 Å². The van der Waals surface area contributed by atoms with E-state index in [1.807, 2.05) is 0 Å². The third kappa shape index (κ3) is 3.39. The molecule has 0 aliphatic rings. The summed E-state index contributed by atoms with van der Waals surface area (Å²) in [4.78, 5) is 3.49. The Labute approximate surface area is 151 Å². The van der Waals surface area contributed by atoms with Gasteiger partial charge < -0.3 is 0 Å². The first kappa shape index (κ1) is 18.6. The molecule has 0 N–H and O–H groups in total. The van der Waals surface area contributed by atoms with Crippen LogP contribution in [-0.2, 0) is 10.0 Å². The highest BCUT2D eigenvalue weighted by Gasteiger charge is 2.47. The van der Waals surface area contributed by atoms with Gasteiger partial charge >= 0.3 is 6.18 Å². The number of rotatable bonds is 4. The second-order valence-electron chi connectivity index (χ2n) is 5.44. The van der Waals surface area contributed by atoms with Gasteiger partial charge in [-0.05, 0) is 17.7 Å². The van der Waals surface area contributed by atoms with Crippen LogP contribution in [0.3, 0.4) is 0 Å². The van der Waals surface area contributed by atoms with Crippen LogP contribution >= 0.6 is 11.6 Å². The van der Waals surface area contributed by atoms with Crippen molar-refractivity contribution in [2.45, 2.75) is 17.1 Å². The minimum Gasteiger partial charge on any atom is -0.236 e. The Morgan fingerprint density at radius 2 is 1.85 bits per heavy atom. The predicted octanol–water partition coefficient (Wildman–Crippen LogP) is 3.31. The number of hydrogen-bond acceptors (Lipinski definition) is 4. The van der Waals surface area contributed by atoms with Gasteiger partial charge in [-0.25, -0.2) is 17.9 Å². The Morgan fingerprint density at radius 1 is 1.19 bits per heavy atom. The molecule has 1 atom stereocenters. The van der Waals surface area contributed by atoms with Crippen molar-refractivity contribution in [1.82, 2.24) is 18.9 Å². The minimum atomic E-state index is -4.83. The van der Waals surface area contributed by atoms with Crippen molar-refractivity contribution >= 4 is 27.3 Å². The fourth-order valence-corrected chi connectivity index (χ4v) is 3.88. The highest BCUT2D eigenvalue weighted by molar-refractivity contribution is 7.89. The van der Waals surface area contributed by atoms with Crippen LogP contribution in [0.1, 0.15) is 11.6 Å². The van der Waals surface area contributed by atoms with E-state index < -0.39 is 27.1 Å². The highest BCUT2D eigenvalue weighted by atomic mass is 35.5. The summed E-state index contributed by atoms with van der Waals surface area (Å²) < 4.78 is 67.8. The van der Waals surface area contributed by atoms with E-state index in [0.29, 0.717) is 5.65 Å². The smallest absolute Gasteiger partial charge is 0.236 e. The summed E-state index contributed by atoms with van der Waals surface area (Å²) in [5, 5.41) is 4.09. The Hall–Kier alpha value is -2.17. The Balaban J connectivity index is 2.07. The number of halogens is 4. The van der Waals surface area contributed by atoms with E-state index in [4.69, 9.17) is 11.6 Å². The van der Waals surface area contributed by atoms with Crippen LogP contribution in [-0.4, -0.2) is 40.5 Å². The molecule has 0 bridgehead atoms. The van der Waals surface area contributed by atoms with Gasteiger partial charge in [0.1, 0.15) is 10.9 Å². The van der Waals surface area contributed by atoms with E-state index in [9.17, 15) is 21.6 Å². The zero-order valence-corrected chi connectivity index (χ0v) is 14.8. The lowest BCUT2D eigenvalue weighted by Crippen LogP contribution is -2.39. The van der Waals surface area contributed by atoms with E-state index >= 15 is 0 Å². The lowest BCUT2D eigenvalue weighted by Gasteiger charge is -2.29. The first-order chi connectivity index (χ1) is 12.1. The van der Waals surface area contributed by atoms with Gasteiger partial charge in [-0.3, -0.25) is 0 Å². The van der Waals surface area contributed by atoms with Gasteiger partial charge in [-0.15, -0.1) is 0 Å². The van der Waals surface area contributed by atoms with E-state index in [-0.39, 0.29) is 14.9 Å². The number of aromatic nitrogens is 3. The number of hydrogen-bond donors (Lipinski definition) is 0. The van der Waals surface area contributed by atoms with Gasteiger partial charge in [0.05, 0.1) is 18.6 Å². The normalized spacial score (nSPS) is 14.1. The number of benzene rings is 1. The minimum absolute atomic E-state index is 0.244. The standard InChI is InChI=1S/C15H12ClF3N4O2S/c1-22(14(15(17,18)19)10-2-4-11(16)5-3-10)26(24,25)12-8-20-13-6-7-21-23(13)9-12/h2-9,14H,1H3/t14-/m1/s1. The molecular weight excluding hydrogens is 393 g/mol. The highest BCUT2D eigenvalue weighted by Crippen LogP contribution is 2.39. The second kappa shape index (κ2) is 6.53. The van der Waals surface area contributed by atoms with Crippen molar-refractivity contribution in [3.63, 3.8) is 0 Å². The molecule has 1 aromatic carbocycles. The molecule has 138 valence electrons. The van der Waals surface area contributed by atoms with Gasteiger partial charge in [-0.2, -0.15) is 22.6 Å². The monoisotopic (exact) mass is 404 g/mol. The molecule has 0 aliphatic carbocycles. The van der Waals surface area contributed by atoms with Crippen molar-refractivity contribution in [2.24, 2.45) is 0 Å².